The maximum absolute atomic E-state index is 14.2. The summed E-state index contributed by atoms with van der Waals surface area (Å²) in [7, 11) is -4.12. The Balaban J connectivity index is 2.55. The highest BCUT2D eigenvalue weighted by Gasteiger charge is 2.35. The molecule has 0 unspecified atom stereocenters. The van der Waals surface area contributed by atoms with Gasteiger partial charge in [0.15, 0.2) is 0 Å². The smallest absolute Gasteiger partial charge is 0.244 e. The zero-order chi connectivity index (χ0) is 20.2. The Bertz CT molecular complexity index is 901. The number of halogens is 2. The molecule has 27 heavy (non-hydrogen) atoms. The van der Waals surface area contributed by atoms with Gasteiger partial charge in [-0.2, -0.15) is 4.31 Å². The maximum Gasteiger partial charge on any atom is 0.244 e. The van der Waals surface area contributed by atoms with Gasteiger partial charge < -0.3 is 5.73 Å². The second kappa shape index (κ2) is 8.82. The lowest BCUT2D eigenvalue weighted by Gasteiger charge is -2.30. The largest absolute Gasteiger partial charge is 0.368 e. The van der Waals surface area contributed by atoms with E-state index in [9.17, 15) is 17.6 Å². The van der Waals surface area contributed by atoms with Gasteiger partial charge in [-0.3, -0.25) is 4.79 Å². The van der Waals surface area contributed by atoms with Gasteiger partial charge in [-0.05, 0) is 42.7 Å². The molecule has 1 atom stereocenters. The van der Waals surface area contributed by atoms with E-state index in [4.69, 9.17) is 17.3 Å². The summed E-state index contributed by atoms with van der Waals surface area (Å²) < 4.78 is 41.6. The molecular formula is C19H22ClFN2O3S. The third-order valence-electron chi connectivity index (χ3n) is 4.07. The van der Waals surface area contributed by atoms with Crippen LogP contribution in [-0.2, 0) is 21.4 Å². The van der Waals surface area contributed by atoms with Crippen LogP contribution in [0.2, 0.25) is 5.02 Å². The molecule has 2 rings (SSSR count). The molecule has 5 nitrogen and oxygen atoms in total. The topological polar surface area (TPSA) is 80.5 Å². The zero-order valence-corrected chi connectivity index (χ0v) is 16.7. The summed E-state index contributed by atoms with van der Waals surface area (Å²) >= 11 is 5.84. The van der Waals surface area contributed by atoms with Crippen LogP contribution in [0.1, 0.15) is 25.8 Å². The molecular weight excluding hydrogens is 391 g/mol. The van der Waals surface area contributed by atoms with Crippen LogP contribution in [0, 0.1) is 11.7 Å². The van der Waals surface area contributed by atoms with E-state index in [-0.39, 0.29) is 29.3 Å². The molecule has 2 aromatic rings. The lowest BCUT2D eigenvalue weighted by molar-refractivity contribution is -0.122. The highest BCUT2D eigenvalue weighted by atomic mass is 35.5. The molecule has 0 saturated heterocycles. The van der Waals surface area contributed by atoms with Crippen molar-refractivity contribution < 1.29 is 17.6 Å². The first kappa shape index (κ1) is 21.3. The number of amides is 1. The molecule has 8 heteroatoms. The number of hydrogen-bond acceptors (Lipinski definition) is 3. The molecule has 0 bridgehead atoms. The van der Waals surface area contributed by atoms with Gasteiger partial charge in [-0.25, -0.2) is 12.8 Å². The summed E-state index contributed by atoms with van der Waals surface area (Å²) in [6.07, 6.45) is 0.219. The summed E-state index contributed by atoms with van der Waals surface area (Å²) in [6.45, 7) is 3.40. The van der Waals surface area contributed by atoms with Crippen molar-refractivity contribution in [2.75, 3.05) is 0 Å². The molecule has 0 radical (unpaired) electrons. The fourth-order valence-electron chi connectivity index (χ4n) is 2.72. The van der Waals surface area contributed by atoms with Crippen molar-refractivity contribution in [1.82, 2.24) is 4.31 Å². The Morgan fingerprint density at radius 2 is 1.74 bits per heavy atom. The van der Waals surface area contributed by atoms with E-state index in [0.29, 0.717) is 5.02 Å². The fourth-order valence-corrected chi connectivity index (χ4v) is 4.43. The van der Waals surface area contributed by atoms with Crippen molar-refractivity contribution in [3.63, 3.8) is 0 Å². The quantitative estimate of drug-likeness (QED) is 0.719. The molecule has 0 aliphatic heterocycles. The van der Waals surface area contributed by atoms with Crippen LogP contribution in [0.4, 0.5) is 4.39 Å². The van der Waals surface area contributed by atoms with Gasteiger partial charge in [0.2, 0.25) is 15.9 Å². The molecule has 0 aliphatic carbocycles. The number of primary amides is 1. The standard InChI is InChI=1S/C19H22ClFN2O3S/c1-13(2)11-18(19(22)24)23(12-14-5-3-4-6-17(14)21)27(25,26)16-9-7-15(20)8-10-16/h3-10,13,18H,11-12H2,1-2H3,(H2,22,24)/t18-/m1/s1. The third kappa shape index (κ3) is 5.28. The lowest BCUT2D eigenvalue weighted by Crippen LogP contribution is -2.48. The summed E-state index contributed by atoms with van der Waals surface area (Å²) in [4.78, 5) is 12.0. The van der Waals surface area contributed by atoms with E-state index in [1.807, 2.05) is 13.8 Å². The Morgan fingerprint density at radius 1 is 1.15 bits per heavy atom. The SMILES string of the molecule is CC(C)C[C@H](C(N)=O)N(Cc1ccccc1F)S(=O)(=O)c1ccc(Cl)cc1. The minimum atomic E-state index is -4.12. The third-order valence-corrected chi connectivity index (χ3v) is 6.20. The molecule has 0 aromatic heterocycles. The van der Waals surface area contributed by atoms with Gasteiger partial charge in [-0.1, -0.05) is 43.6 Å². The highest BCUT2D eigenvalue weighted by Crippen LogP contribution is 2.26. The van der Waals surface area contributed by atoms with Crippen LogP contribution in [0.5, 0.6) is 0 Å². The summed E-state index contributed by atoms with van der Waals surface area (Å²) in [5.41, 5.74) is 5.67. The maximum atomic E-state index is 14.2. The molecule has 1 amide bonds. The number of carbonyl (C=O) groups excluding carboxylic acids is 1. The minimum Gasteiger partial charge on any atom is -0.368 e. The fraction of sp³-hybridized carbons (Fsp3) is 0.316. The van der Waals surface area contributed by atoms with E-state index < -0.39 is 27.8 Å². The molecule has 2 N–H and O–H groups in total. The number of benzene rings is 2. The second-order valence-corrected chi connectivity index (χ2v) is 8.97. The Labute approximate surface area is 164 Å². The summed E-state index contributed by atoms with van der Waals surface area (Å²) in [5, 5.41) is 0.378. The number of hydrogen-bond donors (Lipinski definition) is 1. The minimum absolute atomic E-state index is 0.00559. The molecule has 0 spiro atoms. The van der Waals surface area contributed by atoms with Crippen molar-refractivity contribution in [2.24, 2.45) is 11.7 Å². The number of nitrogens with two attached hydrogens (primary N) is 1. The van der Waals surface area contributed by atoms with Crippen LogP contribution in [-0.4, -0.2) is 24.7 Å². The first-order valence-corrected chi connectivity index (χ1v) is 10.2. The molecule has 0 saturated carbocycles. The van der Waals surface area contributed by atoms with Crippen LogP contribution in [0.3, 0.4) is 0 Å². The summed E-state index contributed by atoms with van der Waals surface area (Å²) in [6, 6.07) is 10.3. The van der Waals surface area contributed by atoms with Gasteiger partial charge in [0.05, 0.1) is 4.90 Å². The van der Waals surface area contributed by atoms with Crippen molar-refractivity contribution in [3.05, 3.63) is 64.9 Å². The van der Waals surface area contributed by atoms with E-state index in [2.05, 4.69) is 0 Å². The predicted molar refractivity (Wildman–Crippen MR) is 103 cm³/mol. The van der Waals surface area contributed by atoms with E-state index >= 15 is 0 Å². The highest BCUT2D eigenvalue weighted by molar-refractivity contribution is 7.89. The molecule has 0 heterocycles. The van der Waals surface area contributed by atoms with Crippen molar-refractivity contribution >= 4 is 27.5 Å². The molecule has 146 valence electrons. The normalized spacial score (nSPS) is 13.1. The van der Waals surface area contributed by atoms with Crippen LogP contribution < -0.4 is 5.73 Å². The van der Waals surface area contributed by atoms with Crippen LogP contribution in [0.15, 0.2) is 53.4 Å². The molecule has 0 fully saturated rings. The van der Waals surface area contributed by atoms with Crippen LogP contribution >= 0.6 is 11.6 Å². The average molecular weight is 413 g/mol. The number of carbonyl (C=O) groups is 1. The van der Waals surface area contributed by atoms with Crippen molar-refractivity contribution in [3.8, 4) is 0 Å². The van der Waals surface area contributed by atoms with Gasteiger partial charge in [0, 0.05) is 17.1 Å². The number of rotatable bonds is 8. The van der Waals surface area contributed by atoms with E-state index in [1.165, 1.54) is 42.5 Å². The Hall–Kier alpha value is -1.96. The molecule has 2 aromatic carbocycles. The van der Waals surface area contributed by atoms with Gasteiger partial charge in [-0.15, -0.1) is 0 Å². The van der Waals surface area contributed by atoms with Gasteiger partial charge >= 0.3 is 0 Å². The average Bonchev–Trinajstić information content (AvgIpc) is 2.59. The lowest BCUT2D eigenvalue weighted by atomic mass is 10.0. The molecule has 0 aliphatic rings. The first-order valence-electron chi connectivity index (χ1n) is 8.43. The predicted octanol–water partition coefficient (Wildman–Crippen LogP) is 3.57. The van der Waals surface area contributed by atoms with E-state index in [1.54, 1.807) is 6.07 Å². The van der Waals surface area contributed by atoms with Crippen molar-refractivity contribution in [1.29, 1.82) is 0 Å². The van der Waals surface area contributed by atoms with E-state index in [0.717, 1.165) is 4.31 Å². The van der Waals surface area contributed by atoms with Crippen molar-refractivity contribution in [2.45, 2.75) is 37.8 Å². The van der Waals surface area contributed by atoms with Gasteiger partial charge in [0.1, 0.15) is 11.9 Å². The second-order valence-electron chi connectivity index (χ2n) is 6.64. The zero-order valence-electron chi connectivity index (χ0n) is 15.1. The van der Waals surface area contributed by atoms with Crippen LogP contribution in [0.25, 0.3) is 0 Å². The summed E-state index contributed by atoms with van der Waals surface area (Å²) in [5.74, 6) is -1.33. The monoisotopic (exact) mass is 412 g/mol. The van der Waals surface area contributed by atoms with Gasteiger partial charge in [0.25, 0.3) is 0 Å². The number of sulfonamides is 1. The Kier molecular flexibility index (Phi) is 6.97. The Morgan fingerprint density at radius 3 is 2.26 bits per heavy atom. The number of nitrogens with zero attached hydrogens (tertiary/aromatic N) is 1. The first-order chi connectivity index (χ1) is 12.6.